The Morgan fingerprint density at radius 3 is 2.55 bits per heavy atom. The van der Waals surface area contributed by atoms with E-state index in [1.807, 2.05) is 20.8 Å². The molecule has 0 saturated heterocycles. The van der Waals surface area contributed by atoms with E-state index in [2.05, 4.69) is 10.6 Å². The smallest absolute Gasteiger partial charge is 0.407 e. The zero-order valence-electron chi connectivity index (χ0n) is 14.1. The summed E-state index contributed by atoms with van der Waals surface area (Å²) in [6.07, 6.45) is 5.43. The van der Waals surface area contributed by atoms with Gasteiger partial charge in [-0.05, 0) is 52.5 Å². The lowest BCUT2D eigenvalue weighted by atomic mass is 9.84. The summed E-state index contributed by atoms with van der Waals surface area (Å²) in [5.41, 5.74) is 4.67. The quantitative estimate of drug-likeness (QED) is 0.626. The van der Waals surface area contributed by atoms with Crippen LogP contribution in [0.2, 0.25) is 0 Å². The molecule has 1 rings (SSSR count). The number of rotatable bonds is 7. The third-order valence-corrected chi connectivity index (χ3v) is 3.82. The van der Waals surface area contributed by atoms with Crippen LogP contribution in [0.4, 0.5) is 4.79 Å². The van der Waals surface area contributed by atoms with E-state index in [1.165, 1.54) is 12.8 Å². The Hall–Kier alpha value is -1.30. The van der Waals surface area contributed by atoms with E-state index in [0.29, 0.717) is 24.9 Å². The van der Waals surface area contributed by atoms with E-state index in [1.54, 1.807) is 0 Å². The number of amides is 2. The first-order chi connectivity index (χ1) is 10.3. The van der Waals surface area contributed by atoms with Gasteiger partial charge in [0, 0.05) is 19.0 Å². The zero-order valence-corrected chi connectivity index (χ0v) is 14.1. The molecule has 22 heavy (non-hydrogen) atoms. The Morgan fingerprint density at radius 1 is 1.23 bits per heavy atom. The molecule has 0 aromatic heterocycles. The summed E-state index contributed by atoms with van der Waals surface area (Å²) < 4.78 is 5.27. The molecule has 2 atom stereocenters. The molecule has 2 amide bonds. The van der Waals surface area contributed by atoms with Gasteiger partial charge < -0.3 is 21.1 Å². The van der Waals surface area contributed by atoms with E-state index >= 15 is 0 Å². The summed E-state index contributed by atoms with van der Waals surface area (Å²) in [6, 6.07) is 0.386. The molecule has 1 fully saturated rings. The Balaban J connectivity index is 2.32. The number of carbonyl (C=O) groups excluding carboxylic acids is 2. The van der Waals surface area contributed by atoms with Crippen molar-refractivity contribution < 1.29 is 14.3 Å². The fourth-order valence-electron chi connectivity index (χ4n) is 2.80. The fourth-order valence-corrected chi connectivity index (χ4v) is 2.80. The second-order valence-electron chi connectivity index (χ2n) is 7.06. The van der Waals surface area contributed by atoms with Gasteiger partial charge in [0.15, 0.2) is 0 Å². The highest BCUT2D eigenvalue weighted by Gasteiger charge is 2.25. The Labute approximate surface area is 133 Å². The number of hydrogen-bond donors (Lipinski definition) is 3. The standard InChI is InChI=1S/C16H31N3O3/c1-16(2,3)22-15(21)19-11-12-7-4-5-8-13(12)18-10-6-9-14(17)20/h12-13,18H,4-11H2,1-3H3,(H2,17,20)(H,19,21). The molecular formula is C16H31N3O3. The Kier molecular flexibility index (Phi) is 7.65. The third kappa shape index (κ3) is 8.22. The molecule has 1 aliphatic rings. The molecule has 128 valence electrons. The van der Waals surface area contributed by atoms with Crippen molar-refractivity contribution in [3.63, 3.8) is 0 Å². The molecule has 1 saturated carbocycles. The molecule has 0 spiro atoms. The predicted molar refractivity (Wildman–Crippen MR) is 86.4 cm³/mol. The van der Waals surface area contributed by atoms with Gasteiger partial charge in [-0.3, -0.25) is 4.79 Å². The average molecular weight is 313 g/mol. The van der Waals surface area contributed by atoms with Crippen molar-refractivity contribution in [2.24, 2.45) is 11.7 Å². The Morgan fingerprint density at radius 2 is 1.91 bits per heavy atom. The minimum atomic E-state index is -0.469. The number of alkyl carbamates (subject to hydrolysis) is 1. The van der Waals surface area contributed by atoms with Crippen LogP contribution < -0.4 is 16.4 Å². The number of primary amides is 1. The van der Waals surface area contributed by atoms with Crippen molar-refractivity contribution in [2.75, 3.05) is 13.1 Å². The van der Waals surface area contributed by atoms with Gasteiger partial charge in [0.2, 0.25) is 5.91 Å². The van der Waals surface area contributed by atoms with Gasteiger partial charge in [-0.15, -0.1) is 0 Å². The van der Waals surface area contributed by atoms with E-state index in [-0.39, 0.29) is 12.0 Å². The largest absolute Gasteiger partial charge is 0.444 e. The number of ether oxygens (including phenoxy) is 1. The second kappa shape index (κ2) is 8.98. The summed E-state index contributed by atoms with van der Waals surface area (Å²) >= 11 is 0. The van der Waals surface area contributed by atoms with Crippen LogP contribution in [0.1, 0.15) is 59.3 Å². The van der Waals surface area contributed by atoms with Gasteiger partial charge in [0.25, 0.3) is 0 Å². The molecule has 0 aromatic carbocycles. The van der Waals surface area contributed by atoms with Crippen molar-refractivity contribution in [1.29, 1.82) is 0 Å². The summed E-state index contributed by atoms with van der Waals surface area (Å²) in [7, 11) is 0. The van der Waals surface area contributed by atoms with Gasteiger partial charge in [-0.2, -0.15) is 0 Å². The number of nitrogens with two attached hydrogens (primary N) is 1. The third-order valence-electron chi connectivity index (χ3n) is 3.82. The van der Waals surface area contributed by atoms with Gasteiger partial charge >= 0.3 is 6.09 Å². The van der Waals surface area contributed by atoms with Crippen LogP contribution in [0, 0.1) is 5.92 Å². The molecular weight excluding hydrogens is 282 g/mol. The van der Waals surface area contributed by atoms with Crippen LogP contribution in [0.5, 0.6) is 0 Å². The molecule has 2 unspecified atom stereocenters. The SMILES string of the molecule is CC(C)(C)OC(=O)NCC1CCCCC1NCCCC(N)=O. The number of nitrogens with one attached hydrogen (secondary N) is 2. The fraction of sp³-hybridized carbons (Fsp3) is 0.875. The lowest BCUT2D eigenvalue weighted by Gasteiger charge is -2.32. The molecule has 0 radical (unpaired) electrons. The normalized spacial score (nSPS) is 22.1. The van der Waals surface area contributed by atoms with Crippen LogP contribution in [0.3, 0.4) is 0 Å². The molecule has 0 bridgehead atoms. The average Bonchev–Trinajstić information content (AvgIpc) is 2.40. The predicted octanol–water partition coefficient (Wildman–Crippen LogP) is 1.92. The maximum Gasteiger partial charge on any atom is 0.407 e. The van der Waals surface area contributed by atoms with Crippen molar-refractivity contribution in [3.05, 3.63) is 0 Å². The summed E-state index contributed by atoms with van der Waals surface area (Å²) in [4.78, 5) is 22.5. The van der Waals surface area contributed by atoms with Crippen LogP contribution in [0.25, 0.3) is 0 Å². The first-order valence-corrected chi connectivity index (χ1v) is 8.26. The van der Waals surface area contributed by atoms with E-state index < -0.39 is 5.60 Å². The Bertz CT molecular complexity index is 366. The summed E-state index contributed by atoms with van der Waals surface area (Å²) in [5.74, 6) is 0.156. The molecule has 1 aliphatic carbocycles. The van der Waals surface area contributed by atoms with Crippen LogP contribution in [-0.4, -0.2) is 36.7 Å². The van der Waals surface area contributed by atoms with Crippen molar-refractivity contribution in [2.45, 2.75) is 70.9 Å². The molecule has 0 aromatic rings. The summed E-state index contributed by atoms with van der Waals surface area (Å²) in [6.45, 7) is 6.99. The van der Waals surface area contributed by atoms with Crippen LogP contribution in [-0.2, 0) is 9.53 Å². The highest BCUT2D eigenvalue weighted by Crippen LogP contribution is 2.24. The van der Waals surface area contributed by atoms with E-state index in [9.17, 15) is 9.59 Å². The van der Waals surface area contributed by atoms with E-state index in [0.717, 1.165) is 25.8 Å². The van der Waals surface area contributed by atoms with Crippen molar-refractivity contribution in [3.8, 4) is 0 Å². The molecule has 6 nitrogen and oxygen atoms in total. The molecule has 6 heteroatoms. The monoisotopic (exact) mass is 313 g/mol. The lowest BCUT2D eigenvalue weighted by Crippen LogP contribution is -2.45. The molecule has 0 heterocycles. The van der Waals surface area contributed by atoms with Gasteiger partial charge in [0.05, 0.1) is 0 Å². The molecule has 0 aliphatic heterocycles. The van der Waals surface area contributed by atoms with Crippen molar-refractivity contribution in [1.82, 2.24) is 10.6 Å². The maximum atomic E-state index is 11.7. The first kappa shape index (κ1) is 18.7. The minimum absolute atomic E-state index is 0.256. The maximum absolute atomic E-state index is 11.7. The van der Waals surface area contributed by atoms with Gasteiger partial charge in [-0.25, -0.2) is 4.79 Å². The van der Waals surface area contributed by atoms with Crippen LogP contribution >= 0.6 is 0 Å². The van der Waals surface area contributed by atoms with Gasteiger partial charge in [-0.1, -0.05) is 12.8 Å². The topological polar surface area (TPSA) is 93.4 Å². The first-order valence-electron chi connectivity index (χ1n) is 8.26. The van der Waals surface area contributed by atoms with Crippen LogP contribution in [0.15, 0.2) is 0 Å². The lowest BCUT2D eigenvalue weighted by molar-refractivity contribution is -0.118. The highest BCUT2D eigenvalue weighted by molar-refractivity contribution is 5.73. The number of hydrogen-bond acceptors (Lipinski definition) is 4. The minimum Gasteiger partial charge on any atom is -0.444 e. The highest BCUT2D eigenvalue weighted by atomic mass is 16.6. The van der Waals surface area contributed by atoms with Crippen molar-refractivity contribution >= 4 is 12.0 Å². The zero-order chi connectivity index (χ0) is 16.6. The molecule has 4 N–H and O–H groups in total. The van der Waals surface area contributed by atoms with E-state index in [4.69, 9.17) is 10.5 Å². The number of carbonyl (C=O) groups is 2. The second-order valence-corrected chi connectivity index (χ2v) is 7.06. The van der Waals surface area contributed by atoms with Gasteiger partial charge in [0.1, 0.15) is 5.60 Å². The summed E-state index contributed by atoms with van der Waals surface area (Å²) in [5, 5.41) is 6.37.